The van der Waals surface area contributed by atoms with Gasteiger partial charge in [0.25, 0.3) is 5.69 Å². The van der Waals surface area contributed by atoms with Crippen molar-refractivity contribution in [1.29, 1.82) is 0 Å². The Bertz CT molecular complexity index is 598. The minimum Gasteiger partial charge on any atom is -0.444 e. The zero-order chi connectivity index (χ0) is 17.7. The molecule has 1 aliphatic heterocycles. The second kappa shape index (κ2) is 7.61. The van der Waals surface area contributed by atoms with Crippen LogP contribution in [0.2, 0.25) is 0 Å². The Hall–Kier alpha value is -2.15. The fraction of sp³-hybridized carbons (Fsp3) is 0.588. The molecule has 24 heavy (non-hydrogen) atoms. The van der Waals surface area contributed by atoms with E-state index < -0.39 is 11.7 Å². The second-order valence-electron chi connectivity index (χ2n) is 7.11. The van der Waals surface area contributed by atoms with Crippen molar-refractivity contribution in [2.75, 3.05) is 13.1 Å². The van der Waals surface area contributed by atoms with Gasteiger partial charge in [0.2, 0.25) is 0 Å². The summed E-state index contributed by atoms with van der Waals surface area (Å²) >= 11 is 0. The summed E-state index contributed by atoms with van der Waals surface area (Å²) in [5, 5.41) is 14.0. The van der Waals surface area contributed by atoms with Gasteiger partial charge in [-0.2, -0.15) is 0 Å². The molecular formula is C17H25N3O4. The summed E-state index contributed by atoms with van der Waals surface area (Å²) < 4.78 is 5.29. The Balaban J connectivity index is 1.94. The number of nitro benzene ring substituents is 1. The molecule has 1 fully saturated rings. The van der Waals surface area contributed by atoms with Gasteiger partial charge in [-0.15, -0.1) is 0 Å². The van der Waals surface area contributed by atoms with Crippen LogP contribution in [0.15, 0.2) is 24.3 Å². The van der Waals surface area contributed by atoms with Gasteiger partial charge >= 0.3 is 6.09 Å². The number of rotatable bonds is 4. The summed E-state index contributed by atoms with van der Waals surface area (Å²) in [4.78, 5) is 24.8. The number of amides is 1. The molecule has 1 saturated heterocycles. The third-order valence-corrected chi connectivity index (χ3v) is 3.81. The molecule has 1 aromatic rings. The lowest BCUT2D eigenvalue weighted by atomic mass is 10.0. The van der Waals surface area contributed by atoms with E-state index in [0.717, 1.165) is 19.4 Å². The number of benzene rings is 1. The molecule has 1 amide bonds. The van der Waals surface area contributed by atoms with Crippen LogP contribution in [0.5, 0.6) is 0 Å². The third-order valence-electron chi connectivity index (χ3n) is 3.81. The van der Waals surface area contributed by atoms with E-state index in [1.807, 2.05) is 26.8 Å². The maximum Gasteiger partial charge on any atom is 0.407 e. The van der Waals surface area contributed by atoms with Gasteiger partial charge < -0.3 is 10.1 Å². The topological polar surface area (TPSA) is 84.7 Å². The molecule has 0 unspecified atom stereocenters. The fourth-order valence-corrected chi connectivity index (χ4v) is 2.85. The zero-order valence-electron chi connectivity index (χ0n) is 14.4. The van der Waals surface area contributed by atoms with E-state index in [0.29, 0.717) is 18.7 Å². The summed E-state index contributed by atoms with van der Waals surface area (Å²) in [5.74, 6) is 0. The second-order valence-corrected chi connectivity index (χ2v) is 7.11. The molecule has 1 N–H and O–H groups in total. The van der Waals surface area contributed by atoms with Crippen LogP contribution < -0.4 is 5.32 Å². The molecule has 1 atom stereocenters. The van der Waals surface area contributed by atoms with Gasteiger partial charge in [-0.1, -0.05) is 18.2 Å². The number of carbonyl (C=O) groups excluding carboxylic acids is 1. The molecule has 0 aromatic heterocycles. The van der Waals surface area contributed by atoms with E-state index in [9.17, 15) is 14.9 Å². The van der Waals surface area contributed by atoms with Gasteiger partial charge in [-0.3, -0.25) is 15.0 Å². The number of likely N-dealkylation sites (tertiary alicyclic amines) is 1. The van der Waals surface area contributed by atoms with Crippen LogP contribution in [0, 0.1) is 10.1 Å². The molecule has 2 rings (SSSR count). The highest BCUT2D eigenvalue weighted by Crippen LogP contribution is 2.21. The predicted molar refractivity (Wildman–Crippen MR) is 90.8 cm³/mol. The molecule has 7 nitrogen and oxygen atoms in total. The van der Waals surface area contributed by atoms with Gasteiger partial charge in [0, 0.05) is 30.8 Å². The van der Waals surface area contributed by atoms with E-state index in [2.05, 4.69) is 10.2 Å². The molecule has 0 bridgehead atoms. The molecular weight excluding hydrogens is 310 g/mol. The quantitative estimate of drug-likeness (QED) is 0.675. The maximum atomic E-state index is 11.9. The number of hydrogen-bond acceptors (Lipinski definition) is 5. The first-order chi connectivity index (χ1) is 11.2. The van der Waals surface area contributed by atoms with Gasteiger partial charge in [0.15, 0.2) is 0 Å². The third kappa shape index (κ3) is 5.49. The summed E-state index contributed by atoms with van der Waals surface area (Å²) in [7, 11) is 0. The summed E-state index contributed by atoms with van der Waals surface area (Å²) in [6.45, 7) is 7.50. The summed E-state index contributed by atoms with van der Waals surface area (Å²) in [6, 6.07) is 6.78. The number of nitrogens with one attached hydrogen (secondary N) is 1. The number of nitrogens with zero attached hydrogens (tertiary/aromatic N) is 2. The van der Waals surface area contributed by atoms with Crippen LogP contribution in [0.4, 0.5) is 10.5 Å². The highest BCUT2D eigenvalue weighted by molar-refractivity contribution is 5.68. The van der Waals surface area contributed by atoms with Crippen LogP contribution in [0.3, 0.4) is 0 Å². The van der Waals surface area contributed by atoms with Crippen LogP contribution in [0.1, 0.15) is 39.2 Å². The summed E-state index contributed by atoms with van der Waals surface area (Å²) in [6.07, 6.45) is 1.40. The zero-order valence-corrected chi connectivity index (χ0v) is 14.4. The molecule has 1 aromatic carbocycles. The molecule has 0 saturated carbocycles. The maximum absolute atomic E-state index is 11.9. The number of ether oxygens (including phenoxy) is 1. The van der Waals surface area contributed by atoms with Crippen LogP contribution in [-0.4, -0.2) is 40.6 Å². The monoisotopic (exact) mass is 335 g/mol. The number of carbonyl (C=O) groups is 1. The van der Waals surface area contributed by atoms with Crippen molar-refractivity contribution in [2.45, 2.75) is 51.8 Å². The molecule has 1 heterocycles. The highest BCUT2D eigenvalue weighted by atomic mass is 16.6. The Kier molecular flexibility index (Phi) is 5.77. The molecule has 0 spiro atoms. The van der Waals surface area contributed by atoms with Crippen molar-refractivity contribution >= 4 is 11.8 Å². The number of alkyl carbamates (subject to hydrolysis) is 1. The lowest BCUT2D eigenvalue weighted by Gasteiger charge is -2.33. The lowest BCUT2D eigenvalue weighted by Crippen LogP contribution is -2.48. The van der Waals surface area contributed by atoms with Gasteiger partial charge in [0.05, 0.1) is 4.92 Å². The van der Waals surface area contributed by atoms with Gasteiger partial charge in [-0.05, 0) is 40.2 Å². The van der Waals surface area contributed by atoms with Crippen molar-refractivity contribution in [3.63, 3.8) is 0 Å². The minimum absolute atomic E-state index is 0.00336. The number of piperidine rings is 1. The highest BCUT2D eigenvalue weighted by Gasteiger charge is 2.25. The Labute approximate surface area is 142 Å². The number of nitro groups is 1. The fourth-order valence-electron chi connectivity index (χ4n) is 2.85. The van der Waals surface area contributed by atoms with E-state index in [4.69, 9.17) is 4.74 Å². The van der Waals surface area contributed by atoms with Gasteiger partial charge in [0.1, 0.15) is 5.60 Å². The van der Waals surface area contributed by atoms with Crippen molar-refractivity contribution in [3.05, 3.63) is 39.9 Å². The van der Waals surface area contributed by atoms with Crippen molar-refractivity contribution in [1.82, 2.24) is 10.2 Å². The van der Waals surface area contributed by atoms with E-state index >= 15 is 0 Å². The van der Waals surface area contributed by atoms with E-state index in [1.165, 1.54) is 6.07 Å². The normalized spacial score (nSPS) is 18.9. The SMILES string of the molecule is CC(C)(C)OC(=O)N[C@H]1CCCN(Cc2ccccc2[N+](=O)[O-])C1. The van der Waals surface area contributed by atoms with E-state index in [-0.39, 0.29) is 16.7 Å². The molecule has 132 valence electrons. The van der Waals surface area contributed by atoms with Crippen LogP contribution >= 0.6 is 0 Å². The largest absolute Gasteiger partial charge is 0.444 e. The Morgan fingerprint density at radius 3 is 2.79 bits per heavy atom. The molecule has 1 aliphatic rings. The standard InChI is InChI=1S/C17H25N3O4/c1-17(2,3)24-16(21)18-14-8-6-10-19(12-14)11-13-7-4-5-9-15(13)20(22)23/h4-5,7,9,14H,6,8,10-12H2,1-3H3,(H,18,21)/t14-/m0/s1. The minimum atomic E-state index is -0.525. The van der Waals surface area contributed by atoms with E-state index in [1.54, 1.807) is 12.1 Å². The number of para-hydroxylation sites is 1. The smallest absolute Gasteiger partial charge is 0.407 e. The molecule has 0 radical (unpaired) electrons. The van der Waals surface area contributed by atoms with Crippen molar-refractivity contribution in [2.24, 2.45) is 0 Å². The predicted octanol–water partition coefficient (Wildman–Crippen LogP) is 3.08. The number of hydrogen-bond donors (Lipinski definition) is 1. The molecule has 0 aliphatic carbocycles. The first-order valence-electron chi connectivity index (χ1n) is 8.19. The summed E-state index contributed by atoms with van der Waals surface area (Å²) in [5.41, 5.74) is 0.309. The average molecular weight is 335 g/mol. The van der Waals surface area contributed by atoms with Crippen molar-refractivity contribution < 1.29 is 14.5 Å². The van der Waals surface area contributed by atoms with Gasteiger partial charge in [-0.25, -0.2) is 4.79 Å². The first kappa shape index (κ1) is 18.2. The molecule has 7 heteroatoms. The lowest BCUT2D eigenvalue weighted by molar-refractivity contribution is -0.385. The van der Waals surface area contributed by atoms with Crippen LogP contribution in [-0.2, 0) is 11.3 Å². The van der Waals surface area contributed by atoms with Crippen LogP contribution in [0.25, 0.3) is 0 Å². The van der Waals surface area contributed by atoms with Crippen molar-refractivity contribution in [3.8, 4) is 0 Å². The Morgan fingerprint density at radius 1 is 1.42 bits per heavy atom. The Morgan fingerprint density at radius 2 is 2.12 bits per heavy atom. The first-order valence-corrected chi connectivity index (χ1v) is 8.19. The average Bonchev–Trinajstić information content (AvgIpc) is 2.45.